The summed E-state index contributed by atoms with van der Waals surface area (Å²) in [6.45, 7) is 1.72. The molecule has 7 heteroatoms. The lowest BCUT2D eigenvalue weighted by Gasteiger charge is -2.12. The van der Waals surface area contributed by atoms with Crippen LogP contribution in [0.4, 0.5) is 14.6 Å². The number of rotatable bonds is 3. The second kappa shape index (κ2) is 5.20. The van der Waals surface area contributed by atoms with Crippen LogP contribution in [0.1, 0.15) is 34.6 Å². The molecule has 0 bridgehead atoms. The van der Waals surface area contributed by atoms with Crippen LogP contribution < -0.4 is 11.5 Å². The number of carbonyl (C=O) groups excluding carboxylic acids is 1. The summed E-state index contributed by atoms with van der Waals surface area (Å²) in [5.41, 5.74) is 11.4. The van der Waals surface area contributed by atoms with E-state index in [2.05, 4.69) is 9.97 Å². The summed E-state index contributed by atoms with van der Waals surface area (Å²) in [5, 5.41) is 0. The van der Waals surface area contributed by atoms with Gasteiger partial charge in [0.05, 0.1) is 11.9 Å². The number of benzene rings is 1. The van der Waals surface area contributed by atoms with Gasteiger partial charge < -0.3 is 11.5 Å². The van der Waals surface area contributed by atoms with Gasteiger partial charge in [0.2, 0.25) is 0 Å². The minimum atomic E-state index is -0.951. The summed E-state index contributed by atoms with van der Waals surface area (Å²) in [6, 6.07) is 3.54. The van der Waals surface area contributed by atoms with Gasteiger partial charge >= 0.3 is 0 Å². The topological polar surface area (TPSA) is 94.9 Å². The van der Waals surface area contributed by atoms with Crippen molar-refractivity contribution >= 4 is 11.7 Å². The van der Waals surface area contributed by atoms with Gasteiger partial charge in [-0.1, -0.05) is 13.0 Å². The van der Waals surface area contributed by atoms with Crippen LogP contribution in [0.25, 0.3) is 0 Å². The van der Waals surface area contributed by atoms with E-state index in [1.807, 2.05) is 0 Å². The lowest BCUT2D eigenvalue weighted by molar-refractivity contribution is 0.0996. The first-order valence-corrected chi connectivity index (χ1v) is 5.77. The zero-order chi connectivity index (χ0) is 14.9. The molecule has 1 atom stereocenters. The fraction of sp³-hybridized carbons (Fsp3) is 0.154. The molecule has 0 radical (unpaired) electrons. The number of nitrogen functional groups attached to an aromatic ring is 1. The van der Waals surface area contributed by atoms with E-state index in [4.69, 9.17) is 11.5 Å². The van der Waals surface area contributed by atoms with Crippen LogP contribution in [0.2, 0.25) is 0 Å². The van der Waals surface area contributed by atoms with Gasteiger partial charge in [0, 0.05) is 5.92 Å². The maximum atomic E-state index is 13.2. The van der Waals surface area contributed by atoms with Crippen LogP contribution in [-0.4, -0.2) is 15.9 Å². The second-order valence-electron chi connectivity index (χ2n) is 4.29. The van der Waals surface area contributed by atoms with Gasteiger partial charge in [-0.25, -0.2) is 18.7 Å². The zero-order valence-electron chi connectivity index (χ0n) is 10.6. The largest absolute Gasteiger partial charge is 0.382 e. The number of nitrogens with zero attached hydrogens (tertiary/aromatic N) is 2. The molecule has 1 amide bonds. The maximum absolute atomic E-state index is 13.2. The first-order chi connectivity index (χ1) is 9.40. The molecule has 1 aromatic heterocycles. The number of hydrogen-bond acceptors (Lipinski definition) is 4. The van der Waals surface area contributed by atoms with Crippen LogP contribution in [0.15, 0.2) is 24.4 Å². The molecular weight excluding hydrogens is 266 g/mol. The predicted octanol–water partition coefficient (Wildman–Crippen LogP) is 1.59. The Balaban J connectivity index is 2.42. The third kappa shape index (κ3) is 2.56. The Morgan fingerprint density at radius 2 is 2.00 bits per heavy atom. The van der Waals surface area contributed by atoms with Crippen LogP contribution >= 0.6 is 0 Å². The van der Waals surface area contributed by atoms with E-state index < -0.39 is 23.5 Å². The molecule has 1 unspecified atom stereocenters. The lowest BCUT2D eigenvalue weighted by atomic mass is 9.98. The Bertz CT molecular complexity index is 675. The molecule has 0 aliphatic rings. The van der Waals surface area contributed by atoms with E-state index in [0.29, 0.717) is 11.3 Å². The summed E-state index contributed by atoms with van der Waals surface area (Å²) in [4.78, 5) is 19.0. The Labute approximate surface area is 113 Å². The smallest absolute Gasteiger partial charge is 0.271 e. The minimum absolute atomic E-state index is 0.0706. The third-order valence-corrected chi connectivity index (χ3v) is 2.94. The number of nitrogens with two attached hydrogens (primary N) is 2. The highest BCUT2D eigenvalue weighted by Crippen LogP contribution is 2.24. The quantitative estimate of drug-likeness (QED) is 0.891. The van der Waals surface area contributed by atoms with Gasteiger partial charge in [0.25, 0.3) is 5.91 Å². The van der Waals surface area contributed by atoms with E-state index in [-0.39, 0.29) is 11.5 Å². The summed E-state index contributed by atoms with van der Waals surface area (Å²) in [7, 11) is 0. The molecule has 20 heavy (non-hydrogen) atoms. The predicted molar refractivity (Wildman–Crippen MR) is 68.8 cm³/mol. The highest BCUT2D eigenvalue weighted by molar-refractivity contribution is 5.94. The standard InChI is InChI=1S/C13H12F2N4O/c1-6(7-2-3-8(14)9(15)4-7)10-5-18-12(16)11(19-10)13(17)20/h2-6H,1H3,(H2,16,18)(H2,17,20). The van der Waals surface area contributed by atoms with Crippen molar-refractivity contribution in [1.82, 2.24) is 9.97 Å². The first kappa shape index (κ1) is 13.9. The average molecular weight is 278 g/mol. The SMILES string of the molecule is CC(c1ccc(F)c(F)c1)c1cnc(N)c(C(N)=O)n1. The van der Waals surface area contributed by atoms with Crippen molar-refractivity contribution in [3.63, 3.8) is 0 Å². The molecule has 0 saturated heterocycles. The van der Waals surface area contributed by atoms with Crippen molar-refractivity contribution in [3.8, 4) is 0 Å². The summed E-state index contributed by atoms with van der Waals surface area (Å²) >= 11 is 0. The van der Waals surface area contributed by atoms with Crippen molar-refractivity contribution in [2.45, 2.75) is 12.8 Å². The molecule has 0 saturated carbocycles. The number of aromatic nitrogens is 2. The molecule has 2 rings (SSSR count). The van der Waals surface area contributed by atoms with Gasteiger partial charge in [-0.15, -0.1) is 0 Å². The Kier molecular flexibility index (Phi) is 3.60. The van der Waals surface area contributed by atoms with E-state index in [1.54, 1.807) is 6.92 Å². The Hall–Kier alpha value is -2.57. The molecule has 0 fully saturated rings. The van der Waals surface area contributed by atoms with Gasteiger partial charge in [0.15, 0.2) is 23.1 Å². The molecule has 0 aliphatic carbocycles. The van der Waals surface area contributed by atoms with Gasteiger partial charge in [0.1, 0.15) is 0 Å². The number of hydrogen-bond donors (Lipinski definition) is 2. The summed E-state index contributed by atoms with van der Waals surface area (Å²) in [5.74, 6) is -3.14. The van der Waals surface area contributed by atoms with Gasteiger partial charge in [-0.2, -0.15) is 0 Å². The molecule has 5 nitrogen and oxygen atoms in total. The van der Waals surface area contributed by atoms with E-state index in [1.165, 1.54) is 12.3 Å². The van der Waals surface area contributed by atoms with Crippen molar-refractivity contribution in [2.24, 2.45) is 5.73 Å². The van der Waals surface area contributed by atoms with Gasteiger partial charge in [-0.3, -0.25) is 4.79 Å². The first-order valence-electron chi connectivity index (χ1n) is 5.77. The van der Waals surface area contributed by atoms with E-state index in [0.717, 1.165) is 12.1 Å². The monoisotopic (exact) mass is 278 g/mol. The molecular formula is C13H12F2N4O. The zero-order valence-corrected chi connectivity index (χ0v) is 10.6. The fourth-order valence-corrected chi connectivity index (χ4v) is 1.75. The van der Waals surface area contributed by atoms with Crippen molar-refractivity contribution in [2.75, 3.05) is 5.73 Å². The third-order valence-electron chi connectivity index (χ3n) is 2.94. The molecule has 0 aliphatic heterocycles. The molecule has 1 heterocycles. The minimum Gasteiger partial charge on any atom is -0.382 e. The summed E-state index contributed by atoms with van der Waals surface area (Å²) < 4.78 is 26.1. The van der Waals surface area contributed by atoms with Crippen LogP contribution in [0.3, 0.4) is 0 Å². The van der Waals surface area contributed by atoms with Gasteiger partial charge in [-0.05, 0) is 17.7 Å². The Morgan fingerprint density at radius 1 is 1.30 bits per heavy atom. The normalized spacial score (nSPS) is 12.2. The number of primary amides is 1. The summed E-state index contributed by atoms with van der Waals surface area (Å²) in [6.07, 6.45) is 1.37. The van der Waals surface area contributed by atoms with Crippen LogP contribution in [-0.2, 0) is 0 Å². The van der Waals surface area contributed by atoms with E-state index in [9.17, 15) is 13.6 Å². The number of halogens is 2. The second-order valence-corrected chi connectivity index (χ2v) is 4.29. The van der Waals surface area contributed by atoms with Crippen LogP contribution in [0, 0.1) is 11.6 Å². The highest BCUT2D eigenvalue weighted by atomic mass is 19.2. The molecule has 0 spiro atoms. The number of carbonyl (C=O) groups is 1. The number of anilines is 1. The van der Waals surface area contributed by atoms with Crippen molar-refractivity contribution in [1.29, 1.82) is 0 Å². The fourth-order valence-electron chi connectivity index (χ4n) is 1.75. The molecule has 104 valence electrons. The molecule has 2 aromatic rings. The van der Waals surface area contributed by atoms with E-state index >= 15 is 0 Å². The average Bonchev–Trinajstić information content (AvgIpc) is 2.41. The van der Waals surface area contributed by atoms with Crippen molar-refractivity contribution in [3.05, 3.63) is 53.0 Å². The van der Waals surface area contributed by atoms with Crippen molar-refractivity contribution < 1.29 is 13.6 Å². The maximum Gasteiger partial charge on any atom is 0.271 e. The van der Waals surface area contributed by atoms with Crippen LogP contribution in [0.5, 0.6) is 0 Å². The lowest BCUT2D eigenvalue weighted by Crippen LogP contribution is -2.18. The Morgan fingerprint density at radius 3 is 2.60 bits per heavy atom. The molecule has 1 aromatic carbocycles. The number of amides is 1. The molecule has 4 N–H and O–H groups in total. The highest BCUT2D eigenvalue weighted by Gasteiger charge is 2.16.